The van der Waals surface area contributed by atoms with Crippen molar-refractivity contribution in [2.75, 3.05) is 6.61 Å². The summed E-state index contributed by atoms with van der Waals surface area (Å²) >= 11 is 5.85. The van der Waals surface area contributed by atoms with Gasteiger partial charge in [0.05, 0.1) is 18.2 Å². The summed E-state index contributed by atoms with van der Waals surface area (Å²) in [6.07, 6.45) is 1.58. The number of ether oxygens (including phenoxy) is 1. The number of alkyl halides is 1. The number of rotatable bonds is 5. The van der Waals surface area contributed by atoms with Crippen LogP contribution in [-0.2, 0) is 24.2 Å². The first-order valence-electron chi connectivity index (χ1n) is 5.65. The molecule has 9 heteroatoms. The zero-order chi connectivity index (χ0) is 13.8. The van der Waals surface area contributed by atoms with Crippen molar-refractivity contribution in [3.8, 4) is 0 Å². The average Bonchev–Trinajstić information content (AvgIpc) is 2.97. The highest BCUT2D eigenvalue weighted by Gasteiger charge is 2.20. The topological polar surface area (TPSA) is 87.7 Å². The van der Waals surface area contributed by atoms with Gasteiger partial charge >= 0.3 is 5.97 Å². The molecule has 0 aliphatic heterocycles. The Hall–Kier alpha value is -1.96. The van der Waals surface area contributed by atoms with Crippen LogP contribution in [0, 0.1) is 0 Å². The average molecular weight is 285 g/mol. The standard InChI is InChI=1S/C10H13ClN6O2/c1-3-19-10(18)9-7(4-11)17(15-14-9)5-8-13-12-6-16(8)2/h6H,3-5H2,1-2H3. The highest BCUT2D eigenvalue weighted by Crippen LogP contribution is 2.11. The SMILES string of the molecule is CCOC(=O)c1nnn(Cc2nncn2C)c1CCl. The summed E-state index contributed by atoms with van der Waals surface area (Å²) in [7, 11) is 1.82. The Morgan fingerprint density at radius 1 is 1.47 bits per heavy atom. The summed E-state index contributed by atoms with van der Waals surface area (Å²) in [5.74, 6) is 0.271. The van der Waals surface area contributed by atoms with Crippen LogP contribution in [0.3, 0.4) is 0 Å². The van der Waals surface area contributed by atoms with Crippen molar-refractivity contribution in [3.05, 3.63) is 23.5 Å². The predicted octanol–water partition coefficient (Wildman–Crippen LogP) is 0.370. The molecule has 0 aliphatic carbocycles. The monoisotopic (exact) mass is 284 g/mol. The molecule has 0 amide bonds. The van der Waals surface area contributed by atoms with Gasteiger partial charge in [0.1, 0.15) is 12.9 Å². The van der Waals surface area contributed by atoms with Crippen molar-refractivity contribution >= 4 is 17.6 Å². The molecule has 0 N–H and O–H groups in total. The Balaban J connectivity index is 2.27. The van der Waals surface area contributed by atoms with E-state index < -0.39 is 5.97 Å². The van der Waals surface area contributed by atoms with Crippen molar-refractivity contribution in [3.63, 3.8) is 0 Å². The Bertz CT molecular complexity index is 578. The van der Waals surface area contributed by atoms with Crippen molar-refractivity contribution in [2.24, 2.45) is 7.05 Å². The first-order chi connectivity index (χ1) is 9.17. The van der Waals surface area contributed by atoms with Gasteiger partial charge in [0.2, 0.25) is 0 Å². The minimum atomic E-state index is -0.526. The van der Waals surface area contributed by atoms with Crippen LogP contribution in [0.1, 0.15) is 28.9 Å². The van der Waals surface area contributed by atoms with E-state index in [1.807, 2.05) is 7.05 Å². The number of carbonyl (C=O) groups is 1. The third-order valence-electron chi connectivity index (χ3n) is 2.53. The third kappa shape index (κ3) is 2.73. The van der Waals surface area contributed by atoms with Crippen LogP contribution >= 0.6 is 11.6 Å². The largest absolute Gasteiger partial charge is 0.461 e. The molecule has 102 valence electrons. The van der Waals surface area contributed by atoms with Gasteiger partial charge in [-0.2, -0.15) is 0 Å². The third-order valence-corrected chi connectivity index (χ3v) is 2.78. The van der Waals surface area contributed by atoms with Gasteiger partial charge in [-0.15, -0.1) is 26.9 Å². The smallest absolute Gasteiger partial charge is 0.360 e. The second-order valence-corrected chi connectivity index (χ2v) is 4.02. The minimum absolute atomic E-state index is 0.110. The molecule has 0 spiro atoms. The number of esters is 1. The maximum atomic E-state index is 11.7. The van der Waals surface area contributed by atoms with Crippen molar-refractivity contribution < 1.29 is 9.53 Å². The first-order valence-corrected chi connectivity index (χ1v) is 6.19. The van der Waals surface area contributed by atoms with Crippen LogP contribution in [0.5, 0.6) is 0 Å². The van der Waals surface area contributed by atoms with Crippen LogP contribution in [0.25, 0.3) is 0 Å². The maximum absolute atomic E-state index is 11.7. The molecule has 0 atom stereocenters. The van der Waals surface area contributed by atoms with E-state index in [1.54, 1.807) is 17.8 Å². The van der Waals surface area contributed by atoms with Crippen molar-refractivity contribution in [1.82, 2.24) is 29.8 Å². The lowest BCUT2D eigenvalue weighted by Gasteiger charge is -2.04. The fourth-order valence-electron chi connectivity index (χ4n) is 1.53. The van der Waals surface area contributed by atoms with E-state index in [0.717, 1.165) is 0 Å². The molecule has 8 nitrogen and oxygen atoms in total. The molecule has 0 aromatic carbocycles. The Labute approximate surface area is 114 Å². The highest BCUT2D eigenvalue weighted by molar-refractivity contribution is 6.17. The molecule has 2 heterocycles. The van der Waals surface area contributed by atoms with E-state index >= 15 is 0 Å². The summed E-state index contributed by atoms with van der Waals surface area (Å²) in [6.45, 7) is 2.34. The van der Waals surface area contributed by atoms with E-state index in [-0.39, 0.29) is 18.2 Å². The summed E-state index contributed by atoms with van der Waals surface area (Å²) in [4.78, 5) is 11.7. The second-order valence-electron chi connectivity index (χ2n) is 3.75. The minimum Gasteiger partial charge on any atom is -0.461 e. The fraction of sp³-hybridized carbons (Fsp3) is 0.500. The quantitative estimate of drug-likeness (QED) is 0.582. The molecule has 2 aromatic heterocycles. The van der Waals surface area contributed by atoms with Crippen LogP contribution in [0.4, 0.5) is 0 Å². The normalized spacial score (nSPS) is 10.7. The molecule has 2 rings (SSSR count). The van der Waals surface area contributed by atoms with Gasteiger partial charge in [-0.3, -0.25) is 0 Å². The molecule has 0 unspecified atom stereocenters. The van der Waals surface area contributed by atoms with Gasteiger partial charge in [-0.05, 0) is 6.92 Å². The molecular weight excluding hydrogens is 272 g/mol. The molecule has 19 heavy (non-hydrogen) atoms. The van der Waals surface area contributed by atoms with Crippen molar-refractivity contribution in [2.45, 2.75) is 19.3 Å². The van der Waals surface area contributed by atoms with Crippen LogP contribution in [-0.4, -0.2) is 42.3 Å². The molecule has 0 aliphatic rings. The zero-order valence-electron chi connectivity index (χ0n) is 10.6. The lowest BCUT2D eigenvalue weighted by atomic mass is 10.3. The maximum Gasteiger partial charge on any atom is 0.360 e. The summed E-state index contributed by atoms with van der Waals surface area (Å²) in [5, 5.41) is 15.4. The molecular formula is C10H13ClN6O2. The molecule has 0 bridgehead atoms. The van der Waals surface area contributed by atoms with Gasteiger partial charge in [-0.1, -0.05) is 5.21 Å². The Kier molecular flexibility index (Phi) is 4.10. The van der Waals surface area contributed by atoms with E-state index in [0.29, 0.717) is 18.1 Å². The summed E-state index contributed by atoms with van der Waals surface area (Å²) < 4.78 is 8.17. The van der Waals surface area contributed by atoms with Crippen LogP contribution in [0.15, 0.2) is 6.33 Å². The molecule has 0 fully saturated rings. The van der Waals surface area contributed by atoms with Gasteiger partial charge in [0.15, 0.2) is 11.5 Å². The lowest BCUT2D eigenvalue weighted by molar-refractivity contribution is 0.0518. The second kappa shape index (κ2) is 5.79. The van der Waals surface area contributed by atoms with E-state index in [2.05, 4.69) is 20.5 Å². The van der Waals surface area contributed by atoms with Gasteiger partial charge < -0.3 is 9.30 Å². The fourth-order valence-corrected chi connectivity index (χ4v) is 1.80. The lowest BCUT2D eigenvalue weighted by Crippen LogP contribution is -2.12. The Morgan fingerprint density at radius 2 is 2.26 bits per heavy atom. The highest BCUT2D eigenvalue weighted by atomic mass is 35.5. The van der Waals surface area contributed by atoms with E-state index in [4.69, 9.17) is 16.3 Å². The number of nitrogens with zero attached hydrogens (tertiary/aromatic N) is 6. The predicted molar refractivity (Wildman–Crippen MR) is 65.6 cm³/mol. The number of aromatic nitrogens is 6. The Morgan fingerprint density at radius 3 is 2.84 bits per heavy atom. The van der Waals surface area contributed by atoms with Gasteiger partial charge in [-0.25, -0.2) is 9.48 Å². The number of hydrogen-bond acceptors (Lipinski definition) is 6. The van der Waals surface area contributed by atoms with Gasteiger partial charge in [0, 0.05) is 7.05 Å². The van der Waals surface area contributed by atoms with Crippen LogP contribution < -0.4 is 0 Å². The van der Waals surface area contributed by atoms with Crippen molar-refractivity contribution in [1.29, 1.82) is 0 Å². The van der Waals surface area contributed by atoms with Crippen LogP contribution in [0.2, 0.25) is 0 Å². The summed E-state index contributed by atoms with van der Waals surface area (Å²) in [6, 6.07) is 0. The molecule has 0 radical (unpaired) electrons. The molecule has 0 saturated heterocycles. The summed E-state index contributed by atoms with van der Waals surface area (Å²) in [5.41, 5.74) is 0.641. The molecule has 0 saturated carbocycles. The first kappa shape index (κ1) is 13.5. The van der Waals surface area contributed by atoms with Gasteiger partial charge in [0.25, 0.3) is 0 Å². The number of aryl methyl sites for hydroxylation is 1. The number of hydrogen-bond donors (Lipinski definition) is 0. The molecule has 2 aromatic rings. The number of carbonyl (C=O) groups excluding carboxylic acids is 1. The van der Waals surface area contributed by atoms with E-state index in [1.165, 1.54) is 4.68 Å². The van der Waals surface area contributed by atoms with E-state index in [9.17, 15) is 4.79 Å². The number of halogens is 1. The zero-order valence-corrected chi connectivity index (χ0v) is 11.3.